The van der Waals surface area contributed by atoms with Crippen LogP contribution in [0.5, 0.6) is 5.75 Å². The molecule has 2 fully saturated rings. The van der Waals surface area contributed by atoms with Crippen molar-refractivity contribution in [3.8, 4) is 5.75 Å². The first-order chi connectivity index (χ1) is 13.0. The lowest BCUT2D eigenvalue weighted by molar-refractivity contribution is -0.0546. The summed E-state index contributed by atoms with van der Waals surface area (Å²) in [6.45, 7) is -0.964. The maximum absolute atomic E-state index is 14.0. The van der Waals surface area contributed by atoms with E-state index in [0.29, 0.717) is 5.56 Å². The van der Waals surface area contributed by atoms with Crippen molar-refractivity contribution in [1.82, 2.24) is 0 Å². The molecule has 0 atom stereocenters. The summed E-state index contributed by atoms with van der Waals surface area (Å²) < 4.78 is 56.5. The average molecular weight is 403 g/mol. The van der Waals surface area contributed by atoms with Crippen molar-refractivity contribution in [2.24, 2.45) is 5.92 Å². The highest BCUT2D eigenvalue weighted by Crippen LogP contribution is 2.44. The molecule has 2 aliphatic rings. The predicted molar refractivity (Wildman–Crippen MR) is 102 cm³/mol. The lowest BCUT2D eigenvalue weighted by atomic mass is 9.86. The zero-order valence-electron chi connectivity index (χ0n) is 16.0. The van der Waals surface area contributed by atoms with Crippen LogP contribution in [0.1, 0.15) is 69.8 Å². The van der Waals surface area contributed by atoms with Crippen LogP contribution in [-0.4, -0.2) is 15.4 Å². The maximum Gasteiger partial charge on any atom is 0.387 e. The fourth-order valence-corrected chi connectivity index (χ4v) is 9.52. The number of rotatable bonds is 6. The molecule has 152 valence electrons. The van der Waals surface area contributed by atoms with Crippen molar-refractivity contribution in [2.45, 2.75) is 88.4 Å². The van der Waals surface area contributed by atoms with Gasteiger partial charge in [0.25, 0.3) is 0 Å². The predicted octanol–water partition coefficient (Wildman–Crippen LogP) is 7.03. The second-order valence-corrected chi connectivity index (χ2v) is 12.0. The maximum atomic E-state index is 14.0. The molecule has 1 heterocycles. The Morgan fingerprint density at radius 2 is 1.59 bits per heavy atom. The molecule has 1 aromatic carbocycles. The molecule has 0 aromatic heterocycles. The molecule has 1 nitrogen and oxygen atoms in total. The molecular weight excluding hydrogens is 372 g/mol. The Morgan fingerprint density at radius 1 is 1.00 bits per heavy atom. The number of ether oxygens (including phenoxy) is 1. The van der Waals surface area contributed by atoms with Crippen LogP contribution in [0.25, 0.3) is 0 Å². The van der Waals surface area contributed by atoms with E-state index in [9.17, 15) is 17.6 Å². The molecule has 0 bridgehead atoms. The second kappa shape index (κ2) is 9.44. The second-order valence-electron chi connectivity index (χ2n) is 8.37. The van der Waals surface area contributed by atoms with E-state index in [0.717, 1.165) is 24.3 Å². The molecule has 0 N–H and O–H groups in total. The van der Waals surface area contributed by atoms with Gasteiger partial charge in [0, 0.05) is 8.80 Å². The van der Waals surface area contributed by atoms with Gasteiger partial charge in [0.15, 0.2) is 17.4 Å². The van der Waals surface area contributed by atoms with E-state index >= 15 is 0 Å². The molecule has 0 spiro atoms. The SMILES string of the molecule is CCCC1CCC([SiH]2CCC(c3cc(F)c(OC(F)F)c(F)c3)CC2)CC1. The lowest BCUT2D eigenvalue weighted by Gasteiger charge is -2.37. The summed E-state index contributed by atoms with van der Waals surface area (Å²) >= 11 is 0. The van der Waals surface area contributed by atoms with E-state index in [1.54, 1.807) is 0 Å². The third-order valence-corrected chi connectivity index (χ3v) is 10.9. The van der Waals surface area contributed by atoms with E-state index in [2.05, 4.69) is 11.7 Å². The molecule has 0 amide bonds. The molecule has 1 aromatic rings. The first-order valence-corrected chi connectivity index (χ1v) is 12.7. The molecule has 0 radical (unpaired) electrons. The first kappa shape index (κ1) is 20.7. The third-order valence-electron chi connectivity index (χ3n) is 6.73. The van der Waals surface area contributed by atoms with Gasteiger partial charge in [0.2, 0.25) is 0 Å². The highest BCUT2D eigenvalue weighted by atomic mass is 28.3. The van der Waals surface area contributed by atoms with Crippen LogP contribution in [0.4, 0.5) is 17.6 Å². The van der Waals surface area contributed by atoms with Crippen LogP contribution < -0.4 is 4.74 Å². The van der Waals surface area contributed by atoms with Gasteiger partial charge in [0.05, 0.1) is 0 Å². The molecule has 1 aliphatic heterocycles. The molecular formula is C21H30F4OSi. The minimum atomic E-state index is -3.23. The number of halogens is 4. The minimum absolute atomic E-state index is 0.134. The van der Waals surface area contributed by atoms with E-state index < -0.39 is 32.8 Å². The van der Waals surface area contributed by atoms with Crippen molar-refractivity contribution in [3.63, 3.8) is 0 Å². The zero-order chi connectivity index (χ0) is 19.4. The van der Waals surface area contributed by atoms with Crippen molar-refractivity contribution in [1.29, 1.82) is 0 Å². The summed E-state index contributed by atoms with van der Waals surface area (Å²) in [6, 6.07) is 4.82. The Bertz CT molecular complexity index is 585. The molecule has 27 heavy (non-hydrogen) atoms. The highest BCUT2D eigenvalue weighted by molar-refractivity contribution is 6.60. The van der Waals surface area contributed by atoms with Crippen LogP contribution in [-0.2, 0) is 0 Å². The molecule has 1 saturated carbocycles. The molecule has 1 aliphatic carbocycles. The van der Waals surface area contributed by atoms with Crippen molar-refractivity contribution >= 4 is 8.80 Å². The van der Waals surface area contributed by atoms with Gasteiger partial charge in [-0.15, -0.1) is 0 Å². The fraction of sp³-hybridized carbons (Fsp3) is 0.714. The van der Waals surface area contributed by atoms with Gasteiger partial charge >= 0.3 is 6.61 Å². The van der Waals surface area contributed by atoms with Gasteiger partial charge in [-0.05, 0) is 47.9 Å². The number of hydrogen-bond donors (Lipinski definition) is 0. The van der Waals surface area contributed by atoms with Crippen molar-refractivity contribution in [3.05, 3.63) is 29.3 Å². The van der Waals surface area contributed by atoms with Crippen LogP contribution in [0.15, 0.2) is 12.1 Å². The van der Waals surface area contributed by atoms with Crippen LogP contribution >= 0.6 is 0 Å². The van der Waals surface area contributed by atoms with Gasteiger partial charge in [-0.25, -0.2) is 8.78 Å². The molecule has 1 saturated heterocycles. The van der Waals surface area contributed by atoms with Gasteiger partial charge in [-0.2, -0.15) is 8.78 Å². The lowest BCUT2D eigenvalue weighted by Crippen LogP contribution is -2.29. The standard InChI is InChI=1S/C21H30F4OSi/c1-2-3-14-4-6-17(7-5-14)27-10-8-15(9-11-27)16-12-18(22)20(19(23)13-16)26-21(24)25/h12-15,17,21,27H,2-11H2,1H3. The van der Waals surface area contributed by atoms with E-state index in [1.807, 2.05) is 0 Å². The van der Waals surface area contributed by atoms with Gasteiger partial charge in [-0.1, -0.05) is 57.5 Å². The Kier molecular flexibility index (Phi) is 7.23. The van der Waals surface area contributed by atoms with E-state index in [-0.39, 0.29) is 5.92 Å². The van der Waals surface area contributed by atoms with E-state index in [1.165, 1.54) is 62.7 Å². The topological polar surface area (TPSA) is 9.23 Å². The Hall–Kier alpha value is -1.04. The monoisotopic (exact) mass is 402 g/mol. The Morgan fingerprint density at radius 3 is 2.11 bits per heavy atom. The number of hydrogen-bond acceptors (Lipinski definition) is 1. The van der Waals surface area contributed by atoms with E-state index in [4.69, 9.17) is 0 Å². The number of benzene rings is 1. The summed E-state index contributed by atoms with van der Waals surface area (Å²) in [5.41, 5.74) is 1.53. The summed E-state index contributed by atoms with van der Waals surface area (Å²) in [6.07, 6.45) is 10.1. The fourth-order valence-electron chi connectivity index (χ4n) is 5.30. The van der Waals surface area contributed by atoms with Crippen molar-refractivity contribution < 1.29 is 22.3 Å². The summed E-state index contributed by atoms with van der Waals surface area (Å²) in [5, 5.41) is 0. The summed E-state index contributed by atoms with van der Waals surface area (Å²) in [4.78, 5) is 0. The zero-order valence-corrected chi connectivity index (χ0v) is 17.2. The van der Waals surface area contributed by atoms with Crippen LogP contribution in [0.2, 0.25) is 17.6 Å². The molecule has 3 rings (SSSR count). The van der Waals surface area contributed by atoms with Crippen LogP contribution in [0, 0.1) is 17.6 Å². The van der Waals surface area contributed by atoms with Gasteiger partial charge in [-0.3, -0.25) is 0 Å². The summed E-state index contributed by atoms with van der Waals surface area (Å²) in [7, 11) is -0.782. The molecule has 0 unspecified atom stereocenters. The minimum Gasteiger partial charge on any atom is -0.429 e. The number of alkyl halides is 2. The Labute approximate surface area is 161 Å². The average Bonchev–Trinajstić information content (AvgIpc) is 2.65. The quantitative estimate of drug-likeness (QED) is 0.366. The molecule has 6 heteroatoms. The Balaban J connectivity index is 1.55. The van der Waals surface area contributed by atoms with Gasteiger partial charge in [0.1, 0.15) is 0 Å². The normalized spacial score (nSPS) is 29.1. The van der Waals surface area contributed by atoms with Crippen LogP contribution in [0.3, 0.4) is 0 Å². The van der Waals surface area contributed by atoms with Crippen molar-refractivity contribution in [2.75, 3.05) is 0 Å². The summed E-state index contributed by atoms with van der Waals surface area (Å²) in [5.74, 6) is -1.97. The first-order valence-electron chi connectivity index (χ1n) is 10.4. The largest absolute Gasteiger partial charge is 0.429 e. The van der Waals surface area contributed by atoms with Gasteiger partial charge < -0.3 is 4.74 Å². The third kappa shape index (κ3) is 5.27. The smallest absolute Gasteiger partial charge is 0.387 e. The highest BCUT2D eigenvalue weighted by Gasteiger charge is 2.32.